The van der Waals surface area contributed by atoms with Crippen molar-refractivity contribution < 1.29 is 8.78 Å². The molecule has 0 radical (unpaired) electrons. The molecule has 0 heterocycles. The van der Waals surface area contributed by atoms with E-state index in [1.54, 1.807) is 12.1 Å². The Morgan fingerprint density at radius 3 is 2.53 bits per heavy atom. The molecule has 1 atom stereocenters. The summed E-state index contributed by atoms with van der Waals surface area (Å²) < 4.78 is 26.8. The molecule has 1 N–H and O–H groups in total. The van der Waals surface area contributed by atoms with E-state index in [9.17, 15) is 8.78 Å². The number of halogens is 3. The average Bonchev–Trinajstić information content (AvgIpc) is 2.36. The zero-order valence-corrected chi connectivity index (χ0v) is 12.0. The second-order valence-electron chi connectivity index (χ2n) is 4.40. The Labute approximate surface area is 119 Å². The molecule has 0 bridgehead atoms. The van der Waals surface area contributed by atoms with Crippen LogP contribution in [0.25, 0.3) is 0 Å². The Bertz CT molecular complexity index is 572. The summed E-state index contributed by atoms with van der Waals surface area (Å²) in [7, 11) is 0. The first-order chi connectivity index (χ1) is 9.06. The van der Waals surface area contributed by atoms with Gasteiger partial charge < -0.3 is 5.32 Å². The van der Waals surface area contributed by atoms with Crippen molar-refractivity contribution in [1.82, 2.24) is 5.32 Å². The fraction of sp³-hybridized carbons (Fsp3) is 0.200. The smallest absolute Gasteiger partial charge is 0.124 e. The van der Waals surface area contributed by atoms with E-state index in [2.05, 4.69) is 21.2 Å². The molecule has 0 aromatic heterocycles. The maximum absolute atomic E-state index is 13.0. The lowest BCUT2D eigenvalue weighted by Gasteiger charge is -2.16. The molecule has 19 heavy (non-hydrogen) atoms. The summed E-state index contributed by atoms with van der Waals surface area (Å²) in [5, 5.41) is 3.28. The Hall–Kier alpha value is -1.26. The highest BCUT2D eigenvalue weighted by atomic mass is 79.9. The van der Waals surface area contributed by atoms with E-state index in [1.165, 1.54) is 24.3 Å². The summed E-state index contributed by atoms with van der Waals surface area (Å²) in [6.07, 6.45) is 0. The molecular weight excluding hydrogens is 312 g/mol. The van der Waals surface area contributed by atoms with Crippen molar-refractivity contribution in [2.45, 2.75) is 19.5 Å². The first-order valence-electron chi connectivity index (χ1n) is 5.99. The summed E-state index contributed by atoms with van der Waals surface area (Å²) in [5.41, 5.74) is 1.85. The van der Waals surface area contributed by atoms with Crippen LogP contribution in [-0.4, -0.2) is 0 Å². The van der Waals surface area contributed by atoms with Crippen LogP contribution in [0.1, 0.15) is 24.1 Å². The van der Waals surface area contributed by atoms with Crippen LogP contribution in [0.2, 0.25) is 0 Å². The molecule has 0 aliphatic rings. The standard InChI is InChI=1S/C15H14BrF2N/c1-10(14-6-5-13(18)8-15(14)16)19-9-11-3-2-4-12(17)7-11/h2-8,10,19H,9H2,1H3. The van der Waals surface area contributed by atoms with Gasteiger partial charge in [-0.05, 0) is 42.3 Å². The van der Waals surface area contributed by atoms with Crippen LogP contribution in [0.3, 0.4) is 0 Å². The topological polar surface area (TPSA) is 12.0 Å². The van der Waals surface area contributed by atoms with Gasteiger partial charge in [-0.3, -0.25) is 0 Å². The van der Waals surface area contributed by atoms with Gasteiger partial charge in [-0.25, -0.2) is 8.78 Å². The molecule has 0 amide bonds. The highest BCUT2D eigenvalue weighted by molar-refractivity contribution is 9.10. The third-order valence-corrected chi connectivity index (χ3v) is 3.62. The number of hydrogen-bond acceptors (Lipinski definition) is 1. The predicted molar refractivity (Wildman–Crippen MR) is 75.8 cm³/mol. The van der Waals surface area contributed by atoms with Gasteiger partial charge in [-0.15, -0.1) is 0 Å². The zero-order valence-electron chi connectivity index (χ0n) is 10.5. The van der Waals surface area contributed by atoms with E-state index < -0.39 is 0 Å². The van der Waals surface area contributed by atoms with Gasteiger partial charge >= 0.3 is 0 Å². The van der Waals surface area contributed by atoms with Gasteiger partial charge in [-0.1, -0.05) is 34.1 Å². The summed E-state index contributed by atoms with van der Waals surface area (Å²) >= 11 is 3.35. The first kappa shape index (κ1) is 14.2. The molecule has 2 aromatic rings. The van der Waals surface area contributed by atoms with Gasteiger partial charge in [-0.2, -0.15) is 0 Å². The van der Waals surface area contributed by atoms with Crippen LogP contribution in [0.15, 0.2) is 46.9 Å². The molecule has 4 heteroatoms. The van der Waals surface area contributed by atoms with Gasteiger partial charge in [0.2, 0.25) is 0 Å². The van der Waals surface area contributed by atoms with Crippen LogP contribution in [0, 0.1) is 11.6 Å². The van der Waals surface area contributed by atoms with Crippen molar-refractivity contribution in [3.05, 3.63) is 69.7 Å². The molecule has 2 aromatic carbocycles. The van der Waals surface area contributed by atoms with Crippen LogP contribution in [0.5, 0.6) is 0 Å². The van der Waals surface area contributed by atoms with Crippen molar-refractivity contribution in [3.63, 3.8) is 0 Å². The van der Waals surface area contributed by atoms with Crippen molar-refractivity contribution in [1.29, 1.82) is 0 Å². The van der Waals surface area contributed by atoms with E-state index in [1.807, 2.05) is 13.0 Å². The molecule has 0 aliphatic carbocycles. The first-order valence-corrected chi connectivity index (χ1v) is 6.78. The Kier molecular flexibility index (Phi) is 4.66. The lowest BCUT2D eigenvalue weighted by atomic mass is 10.1. The lowest BCUT2D eigenvalue weighted by molar-refractivity contribution is 0.564. The van der Waals surface area contributed by atoms with Crippen molar-refractivity contribution in [2.24, 2.45) is 0 Å². The average molecular weight is 326 g/mol. The normalized spacial score (nSPS) is 12.4. The third-order valence-electron chi connectivity index (χ3n) is 2.93. The van der Waals surface area contributed by atoms with Crippen LogP contribution >= 0.6 is 15.9 Å². The highest BCUT2D eigenvalue weighted by Gasteiger charge is 2.09. The van der Waals surface area contributed by atoms with Gasteiger partial charge in [0, 0.05) is 17.1 Å². The minimum Gasteiger partial charge on any atom is -0.306 e. The SMILES string of the molecule is CC(NCc1cccc(F)c1)c1ccc(F)cc1Br. The minimum atomic E-state index is -0.270. The van der Waals surface area contributed by atoms with E-state index in [0.29, 0.717) is 6.54 Å². The lowest BCUT2D eigenvalue weighted by Crippen LogP contribution is -2.18. The van der Waals surface area contributed by atoms with E-state index in [0.717, 1.165) is 15.6 Å². The summed E-state index contributed by atoms with van der Waals surface area (Å²) in [6, 6.07) is 11.1. The zero-order chi connectivity index (χ0) is 13.8. The number of nitrogens with one attached hydrogen (secondary N) is 1. The molecule has 0 saturated heterocycles. The summed E-state index contributed by atoms with van der Waals surface area (Å²) in [4.78, 5) is 0. The fourth-order valence-electron chi connectivity index (χ4n) is 1.88. The Balaban J connectivity index is 2.03. The number of benzene rings is 2. The molecule has 0 aliphatic heterocycles. The van der Waals surface area contributed by atoms with Gasteiger partial charge in [0.05, 0.1) is 0 Å². The Morgan fingerprint density at radius 2 is 1.84 bits per heavy atom. The van der Waals surface area contributed by atoms with Crippen molar-refractivity contribution in [3.8, 4) is 0 Å². The fourth-order valence-corrected chi connectivity index (χ4v) is 2.57. The molecular formula is C15H14BrF2N. The second kappa shape index (κ2) is 6.26. The summed E-state index contributed by atoms with van der Waals surface area (Å²) in [5.74, 6) is -0.511. The maximum atomic E-state index is 13.0. The van der Waals surface area contributed by atoms with Gasteiger partial charge in [0.1, 0.15) is 11.6 Å². The van der Waals surface area contributed by atoms with Crippen LogP contribution < -0.4 is 5.32 Å². The van der Waals surface area contributed by atoms with E-state index in [4.69, 9.17) is 0 Å². The van der Waals surface area contributed by atoms with E-state index >= 15 is 0 Å². The molecule has 2 rings (SSSR count). The molecule has 100 valence electrons. The van der Waals surface area contributed by atoms with Gasteiger partial charge in [0.25, 0.3) is 0 Å². The maximum Gasteiger partial charge on any atom is 0.124 e. The molecule has 0 fully saturated rings. The van der Waals surface area contributed by atoms with Crippen LogP contribution in [0.4, 0.5) is 8.78 Å². The van der Waals surface area contributed by atoms with Gasteiger partial charge in [0.15, 0.2) is 0 Å². The summed E-state index contributed by atoms with van der Waals surface area (Å²) in [6.45, 7) is 2.54. The van der Waals surface area contributed by atoms with Crippen molar-refractivity contribution >= 4 is 15.9 Å². The van der Waals surface area contributed by atoms with E-state index in [-0.39, 0.29) is 17.7 Å². The Morgan fingerprint density at radius 1 is 1.11 bits per heavy atom. The van der Waals surface area contributed by atoms with Crippen molar-refractivity contribution in [2.75, 3.05) is 0 Å². The number of hydrogen-bond donors (Lipinski definition) is 1. The second-order valence-corrected chi connectivity index (χ2v) is 5.25. The number of rotatable bonds is 4. The third kappa shape index (κ3) is 3.85. The largest absolute Gasteiger partial charge is 0.306 e. The molecule has 0 spiro atoms. The minimum absolute atomic E-state index is 0.0400. The quantitative estimate of drug-likeness (QED) is 0.867. The molecule has 1 nitrogen and oxygen atoms in total. The predicted octanol–water partition coefficient (Wildman–Crippen LogP) is 4.58. The monoisotopic (exact) mass is 325 g/mol. The van der Waals surface area contributed by atoms with Crippen LogP contribution in [-0.2, 0) is 6.54 Å². The molecule has 1 unspecified atom stereocenters. The highest BCUT2D eigenvalue weighted by Crippen LogP contribution is 2.24. The molecule has 0 saturated carbocycles.